The molecule has 0 aliphatic carbocycles. The monoisotopic (exact) mass is 326 g/mol. The van der Waals surface area contributed by atoms with E-state index in [4.69, 9.17) is 5.11 Å². The molecule has 1 atom stereocenters. The van der Waals surface area contributed by atoms with Gasteiger partial charge in [-0.05, 0) is 38.0 Å². The fourth-order valence-corrected chi connectivity index (χ4v) is 2.48. The molecule has 1 heterocycles. The number of carboxylic acid groups (broad SMARTS) is 1. The molecule has 5 heteroatoms. The minimum Gasteiger partial charge on any atom is -0.478 e. The normalized spacial score (nSPS) is 11.8. The highest BCUT2D eigenvalue weighted by atomic mass is 16.4. The quantitative estimate of drug-likeness (QED) is 0.881. The first-order valence-electron chi connectivity index (χ1n) is 7.99. The third-order valence-electron chi connectivity index (χ3n) is 4.11. The number of nitrogens with zero attached hydrogens (tertiary/aromatic N) is 2. The maximum absolute atomic E-state index is 12.9. The second kappa shape index (κ2) is 7.73. The van der Waals surface area contributed by atoms with Crippen LogP contribution < -0.4 is 0 Å². The molecule has 0 saturated heterocycles. The van der Waals surface area contributed by atoms with E-state index in [0.29, 0.717) is 12.2 Å². The number of rotatable bonds is 6. The average molecular weight is 326 g/mol. The van der Waals surface area contributed by atoms with Crippen molar-refractivity contribution in [1.82, 2.24) is 9.88 Å². The zero-order valence-electron chi connectivity index (χ0n) is 14.2. The van der Waals surface area contributed by atoms with E-state index in [2.05, 4.69) is 4.98 Å². The third-order valence-corrected chi connectivity index (χ3v) is 4.11. The highest BCUT2D eigenvalue weighted by Gasteiger charge is 2.23. The number of carbonyl (C=O) groups excluding carboxylic acids is 1. The lowest BCUT2D eigenvalue weighted by molar-refractivity contribution is 0.0658. The van der Waals surface area contributed by atoms with E-state index in [-0.39, 0.29) is 23.2 Å². The zero-order chi connectivity index (χ0) is 17.7. The van der Waals surface area contributed by atoms with Gasteiger partial charge in [-0.1, -0.05) is 37.3 Å². The molecule has 5 nitrogen and oxygen atoms in total. The number of amides is 1. The number of aryl methyl sites for hydroxylation is 1. The van der Waals surface area contributed by atoms with Crippen LogP contribution in [0.1, 0.15) is 52.4 Å². The lowest BCUT2D eigenvalue weighted by atomic mass is 10.1. The van der Waals surface area contributed by atoms with Gasteiger partial charge in [0.2, 0.25) is 0 Å². The second-order valence-corrected chi connectivity index (χ2v) is 5.81. The van der Waals surface area contributed by atoms with E-state index in [1.54, 1.807) is 11.8 Å². The van der Waals surface area contributed by atoms with Crippen molar-refractivity contribution in [2.45, 2.75) is 39.8 Å². The predicted molar refractivity (Wildman–Crippen MR) is 92.0 cm³/mol. The topological polar surface area (TPSA) is 70.5 Å². The summed E-state index contributed by atoms with van der Waals surface area (Å²) in [6.07, 6.45) is 0.824. The lowest BCUT2D eigenvalue weighted by Gasteiger charge is -2.28. The molecular weight excluding hydrogens is 304 g/mol. The second-order valence-electron chi connectivity index (χ2n) is 5.81. The zero-order valence-corrected chi connectivity index (χ0v) is 14.2. The first-order valence-corrected chi connectivity index (χ1v) is 7.99. The van der Waals surface area contributed by atoms with Crippen molar-refractivity contribution in [1.29, 1.82) is 0 Å². The molecule has 0 bridgehead atoms. The van der Waals surface area contributed by atoms with Gasteiger partial charge in [-0.3, -0.25) is 4.79 Å². The van der Waals surface area contributed by atoms with Crippen molar-refractivity contribution in [3.8, 4) is 0 Å². The Morgan fingerprint density at radius 1 is 1.17 bits per heavy atom. The molecular formula is C19H22N2O3. The summed E-state index contributed by atoms with van der Waals surface area (Å²) in [5.74, 6) is -1.23. The summed E-state index contributed by atoms with van der Waals surface area (Å²) in [6, 6.07) is 12.8. The van der Waals surface area contributed by atoms with Gasteiger partial charge >= 0.3 is 5.97 Å². The van der Waals surface area contributed by atoms with Crippen LogP contribution in [-0.4, -0.2) is 32.9 Å². The molecule has 0 radical (unpaired) electrons. The first kappa shape index (κ1) is 17.7. The van der Waals surface area contributed by atoms with Gasteiger partial charge in [-0.25, -0.2) is 9.78 Å². The van der Waals surface area contributed by atoms with E-state index >= 15 is 0 Å². The van der Waals surface area contributed by atoms with E-state index in [1.165, 1.54) is 12.1 Å². The Morgan fingerprint density at radius 2 is 1.83 bits per heavy atom. The van der Waals surface area contributed by atoms with Crippen LogP contribution in [0.3, 0.4) is 0 Å². The Balaban J connectivity index is 2.31. The van der Waals surface area contributed by atoms with Crippen molar-refractivity contribution in [3.63, 3.8) is 0 Å². The van der Waals surface area contributed by atoms with Gasteiger partial charge in [0.15, 0.2) is 0 Å². The van der Waals surface area contributed by atoms with Crippen LogP contribution in [0.15, 0.2) is 42.5 Å². The van der Waals surface area contributed by atoms with Gasteiger partial charge in [0.05, 0.1) is 11.3 Å². The lowest BCUT2D eigenvalue weighted by Crippen LogP contribution is -2.38. The first-order chi connectivity index (χ1) is 11.4. The summed E-state index contributed by atoms with van der Waals surface area (Å²) < 4.78 is 0. The Hall–Kier alpha value is -2.69. The fraction of sp³-hybridized carbons (Fsp3) is 0.316. The van der Waals surface area contributed by atoms with Crippen LogP contribution in [-0.2, 0) is 6.54 Å². The summed E-state index contributed by atoms with van der Waals surface area (Å²) >= 11 is 0. The number of hydrogen-bond acceptors (Lipinski definition) is 3. The average Bonchev–Trinajstić information content (AvgIpc) is 2.59. The molecule has 1 N–H and O–H groups in total. The summed E-state index contributed by atoms with van der Waals surface area (Å²) in [7, 11) is 0. The number of hydrogen-bond donors (Lipinski definition) is 1. The standard InChI is InChI=1S/C19H22N2O3/c1-4-13(2)21(12-15-8-6-5-7-9-15)18(22)17-11-10-16(19(23)24)14(3)20-17/h5-11,13H,4,12H2,1-3H3,(H,23,24). The number of pyridine rings is 1. The molecule has 1 amide bonds. The van der Waals surface area contributed by atoms with Crippen LogP contribution in [0.2, 0.25) is 0 Å². The van der Waals surface area contributed by atoms with Crippen LogP contribution in [0.4, 0.5) is 0 Å². The van der Waals surface area contributed by atoms with Crippen molar-refractivity contribution in [3.05, 3.63) is 65.0 Å². The van der Waals surface area contributed by atoms with Crippen molar-refractivity contribution < 1.29 is 14.7 Å². The Bertz CT molecular complexity index is 729. The number of carbonyl (C=O) groups is 2. The molecule has 0 aliphatic rings. The van der Waals surface area contributed by atoms with E-state index in [0.717, 1.165) is 12.0 Å². The molecule has 0 saturated carbocycles. The largest absolute Gasteiger partial charge is 0.478 e. The molecule has 126 valence electrons. The van der Waals surface area contributed by atoms with Gasteiger partial charge in [-0.2, -0.15) is 0 Å². The summed E-state index contributed by atoms with van der Waals surface area (Å²) in [5.41, 5.74) is 1.78. The molecule has 2 aromatic rings. The van der Waals surface area contributed by atoms with Crippen molar-refractivity contribution in [2.75, 3.05) is 0 Å². The van der Waals surface area contributed by atoms with Gasteiger partial charge in [0, 0.05) is 12.6 Å². The highest BCUT2D eigenvalue weighted by molar-refractivity contribution is 5.94. The smallest absolute Gasteiger partial charge is 0.337 e. The number of carboxylic acids is 1. The van der Waals surface area contributed by atoms with Gasteiger partial charge in [0.25, 0.3) is 5.91 Å². The maximum atomic E-state index is 12.9. The maximum Gasteiger partial charge on any atom is 0.337 e. The molecule has 1 aromatic heterocycles. The van der Waals surface area contributed by atoms with E-state index in [9.17, 15) is 9.59 Å². The number of aromatic nitrogens is 1. The van der Waals surface area contributed by atoms with Crippen LogP contribution >= 0.6 is 0 Å². The van der Waals surface area contributed by atoms with Gasteiger partial charge in [-0.15, -0.1) is 0 Å². The summed E-state index contributed by atoms with van der Waals surface area (Å²) in [6.45, 7) is 6.13. The SMILES string of the molecule is CCC(C)N(Cc1ccccc1)C(=O)c1ccc(C(=O)O)c(C)n1. The fourth-order valence-electron chi connectivity index (χ4n) is 2.48. The highest BCUT2D eigenvalue weighted by Crippen LogP contribution is 2.16. The Labute approximate surface area is 142 Å². The minimum atomic E-state index is -1.04. The van der Waals surface area contributed by atoms with Crippen LogP contribution in [0.25, 0.3) is 0 Å². The number of aromatic carboxylic acids is 1. The van der Waals surface area contributed by atoms with Gasteiger partial charge in [0.1, 0.15) is 5.69 Å². The summed E-state index contributed by atoms with van der Waals surface area (Å²) in [4.78, 5) is 30.0. The molecule has 0 fully saturated rings. The summed E-state index contributed by atoms with van der Waals surface area (Å²) in [5, 5.41) is 9.09. The third kappa shape index (κ3) is 3.98. The van der Waals surface area contributed by atoms with E-state index < -0.39 is 5.97 Å². The predicted octanol–water partition coefficient (Wildman–Crippen LogP) is 3.53. The van der Waals surface area contributed by atoms with Gasteiger partial charge < -0.3 is 10.0 Å². The van der Waals surface area contributed by atoms with Crippen LogP contribution in [0, 0.1) is 6.92 Å². The molecule has 2 rings (SSSR count). The molecule has 24 heavy (non-hydrogen) atoms. The van der Waals surface area contributed by atoms with Crippen molar-refractivity contribution >= 4 is 11.9 Å². The number of benzene rings is 1. The Morgan fingerprint density at radius 3 is 2.38 bits per heavy atom. The molecule has 0 spiro atoms. The Kier molecular flexibility index (Phi) is 5.68. The van der Waals surface area contributed by atoms with E-state index in [1.807, 2.05) is 44.2 Å². The minimum absolute atomic E-state index is 0.0546. The molecule has 1 aromatic carbocycles. The molecule has 1 unspecified atom stereocenters. The van der Waals surface area contributed by atoms with Crippen molar-refractivity contribution in [2.24, 2.45) is 0 Å². The molecule has 0 aliphatic heterocycles. The van der Waals surface area contributed by atoms with Crippen LogP contribution in [0.5, 0.6) is 0 Å².